The monoisotopic (exact) mass is 338 g/mol. The number of hydrogen-bond acceptors (Lipinski definition) is 4. The minimum Gasteiger partial charge on any atom is -0.336 e. The molecule has 0 aliphatic rings. The fourth-order valence-corrected chi connectivity index (χ4v) is 2.34. The maximum Gasteiger partial charge on any atom is 0.273 e. The van der Waals surface area contributed by atoms with Crippen molar-refractivity contribution >= 4 is 21.6 Å². The van der Waals surface area contributed by atoms with Gasteiger partial charge in [-0.05, 0) is 19.1 Å². The van der Waals surface area contributed by atoms with Gasteiger partial charge < -0.3 is 9.88 Å². The first kappa shape index (κ1) is 14.7. The summed E-state index contributed by atoms with van der Waals surface area (Å²) >= 11 is 3.34. The van der Waals surface area contributed by atoms with Crippen molar-refractivity contribution in [2.24, 2.45) is 0 Å². The number of nitrogens with one attached hydrogen (secondary N) is 1. The molecule has 0 spiro atoms. The lowest BCUT2D eigenvalue weighted by atomic mass is 10.1. The number of halogens is 1. The van der Waals surface area contributed by atoms with Gasteiger partial charge in [0.05, 0.1) is 11.3 Å². The summed E-state index contributed by atoms with van der Waals surface area (Å²) in [5.74, 6) is 0. The van der Waals surface area contributed by atoms with Crippen molar-refractivity contribution < 1.29 is 4.92 Å². The minimum atomic E-state index is -0.357. The lowest BCUT2D eigenvalue weighted by molar-refractivity contribution is -0.385. The van der Waals surface area contributed by atoms with E-state index in [2.05, 4.69) is 26.2 Å². The highest BCUT2D eigenvalue weighted by Crippen LogP contribution is 2.22. The van der Waals surface area contributed by atoms with Crippen molar-refractivity contribution in [2.45, 2.75) is 26.1 Å². The average Bonchev–Trinajstić information content (AvgIpc) is 2.89. The zero-order valence-electron chi connectivity index (χ0n) is 11.0. The van der Waals surface area contributed by atoms with Gasteiger partial charge in [0.15, 0.2) is 0 Å². The largest absolute Gasteiger partial charge is 0.336 e. The van der Waals surface area contributed by atoms with Crippen LogP contribution in [0.15, 0.2) is 41.4 Å². The molecule has 0 saturated carbocycles. The Morgan fingerprint density at radius 1 is 1.55 bits per heavy atom. The van der Waals surface area contributed by atoms with Crippen molar-refractivity contribution in [1.29, 1.82) is 0 Å². The van der Waals surface area contributed by atoms with Gasteiger partial charge in [-0.3, -0.25) is 10.1 Å². The summed E-state index contributed by atoms with van der Waals surface area (Å²) in [5.41, 5.74) is 0.803. The first-order valence-electron chi connectivity index (χ1n) is 6.18. The Balaban J connectivity index is 1.99. The maximum absolute atomic E-state index is 11.0. The van der Waals surface area contributed by atoms with E-state index >= 15 is 0 Å². The third-order valence-electron chi connectivity index (χ3n) is 2.92. The highest BCUT2D eigenvalue weighted by atomic mass is 79.9. The molecule has 20 heavy (non-hydrogen) atoms. The van der Waals surface area contributed by atoms with Gasteiger partial charge in [0, 0.05) is 47.6 Å². The van der Waals surface area contributed by atoms with E-state index in [0.29, 0.717) is 12.1 Å². The molecule has 1 heterocycles. The smallest absolute Gasteiger partial charge is 0.273 e. The molecule has 0 amide bonds. The van der Waals surface area contributed by atoms with Crippen LogP contribution in [0.25, 0.3) is 0 Å². The van der Waals surface area contributed by atoms with E-state index in [-0.39, 0.29) is 16.7 Å². The lowest BCUT2D eigenvalue weighted by Gasteiger charge is -2.14. The second kappa shape index (κ2) is 6.62. The Bertz CT molecular complexity index is 586. The third-order valence-corrected chi connectivity index (χ3v) is 3.42. The van der Waals surface area contributed by atoms with Crippen molar-refractivity contribution in [2.75, 3.05) is 0 Å². The van der Waals surface area contributed by atoms with Gasteiger partial charge in [0.25, 0.3) is 5.69 Å². The molecule has 2 rings (SSSR count). The predicted octanol–water partition coefficient (Wildman–Crippen LogP) is 2.73. The number of nitro groups is 1. The summed E-state index contributed by atoms with van der Waals surface area (Å²) in [5, 5.41) is 14.3. The van der Waals surface area contributed by atoms with Crippen molar-refractivity contribution in [3.05, 3.63) is 57.1 Å². The number of rotatable bonds is 6. The number of imidazole rings is 1. The van der Waals surface area contributed by atoms with Gasteiger partial charge in [-0.25, -0.2) is 4.98 Å². The highest BCUT2D eigenvalue weighted by molar-refractivity contribution is 9.10. The lowest BCUT2D eigenvalue weighted by Crippen LogP contribution is -2.29. The molecular formula is C13H15BrN4O2. The molecule has 0 radical (unpaired) electrons. The highest BCUT2D eigenvalue weighted by Gasteiger charge is 2.14. The Labute approximate surface area is 125 Å². The van der Waals surface area contributed by atoms with Gasteiger partial charge in [0.1, 0.15) is 0 Å². The average molecular weight is 339 g/mol. The van der Waals surface area contributed by atoms with Crippen LogP contribution in [-0.4, -0.2) is 20.5 Å². The first-order chi connectivity index (χ1) is 9.56. The molecule has 6 nitrogen and oxygen atoms in total. The quantitative estimate of drug-likeness (QED) is 0.649. The van der Waals surface area contributed by atoms with E-state index in [9.17, 15) is 10.1 Å². The van der Waals surface area contributed by atoms with Crippen LogP contribution in [0.5, 0.6) is 0 Å². The van der Waals surface area contributed by atoms with Crippen LogP contribution in [0.3, 0.4) is 0 Å². The number of aromatic nitrogens is 2. The van der Waals surface area contributed by atoms with Gasteiger partial charge in [-0.1, -0.05) is 15.9 Å². The number of hydrogen-bond donors (Lipinski definition) is 1. The summed E-state index contributed by atoms with van der Waals surface area (Å²) in [4.78, 5) is 14.6. The molecule has 0 aliphatic carbocycles. The van der Waals surface area contributed by atoms with Gasteiger partial charge in [-0.2, -0.15) is 0 Å². The van der Waals surface area contributed by atoms with Crippen LogP contribution in [-0.2, 0) is 13.1 Å². The number of nitro benzene ring substituents is 1. The molecule has 2 aromatic rings. The fourth-order valence-electron chi connectivity index (χ4n) is 1.93. The van der Waals surface area contributed by atoms with E-state index in [1.165, 1.54) is 6.07 Å². The zero-order chi connectivity index (χ0) is 14.5. The fraction of sp³-hybridized carbons (Fsp3) is 0.308. The number of benzene rings is 1. The summed E-state index contributed by atoms with van der Waals surface area (Å²) in [6, 6.07) is 5.15. The molecule has 0 bridgehead atoms. The summed E-state index contributed by atoms with van der Waals surface area (Å²) in [6.45, 7) is 3.25. The van der Waals surface area contributed by atoms with Gasteiger partial charge in [-0.15, -0.1) is 0 Å². The molecule has 0 aliphatic heterocycles. The molecule has 0 fully saturated rings. The molecule has 7 heteroatoms. The van der Waals surface area contributed by atoms with E-state index in [4.69, 9.17) is 0 Å². The molecular weight excluding hydrogens is 324 g/mol. The molecule has 1 aromatic heterocycles. The van der Waals surface area contributed by atoms with Gasteiger partial charge in [0.2, 0.25) is 0 Å². The van der Waals surface area contributed by atoms with Crippen LogP contribution in [0.4, 0.5) is 5.69 Å². The molecule has 1 atom stereocenters. The van der Waals surface area contributed by atoms with Crippen LogP contribution < -0.4 is 5.32 Å². The van der Waals surface area contributed by atoms with Crippen molar-refractivity contribution in [3.8, 4) is 0 Å². The van der Waals surface area contributed by atoms with Crippen LogP contribution in [0.1, 0.15) is 12.5 Å². The summed E-state index contributed by atoms with van der Waals surface area (Å²) < 4.78 is 2.80. The third kappa shape index (κ3) is 3.88. The van der Waals surface area contributed by atoms with E-state index in [0.717, 1.165) is 11.0 Å². The van der Waals surface area contributed by atoms with Crippen LogP contribution >= 0.6 is 15.9 Å². The predicted molar refractivity (Wildman–Crippen MR) is 79.3 cm³/mol. The molecule has 106 valence electrons. The van der Waals surface area contributed by atoms with Gasteiger partial charge >= 0.3 is 0 Å². The molecule has 1 N–H and O–H groups in total. The normalized spacial score (nSPS) is 12.3. The van der Waals surface area contributed by atoms with E-state index in [1.807, 2.05) is 17.7 Å². The second-order valence-electron chi connectivity index (χ2n) is 4.57. The standard InChI is InChI=1S/C13H15BrN4O2/c1-10(8-17-5-4-15-9-17)16-7-11-6-12(14)2-3-13(11)18(19)20/h2-6,9-10,16H,7-8H2,1H3. The molecule has 1 unspecified atom stereocenters. The second-order valence-corrected chi connectivity index (χ2v) is 5.49. The van der Waals surface area contributed by atoms with Crippen molar-refractivity contribution in [1.82, 2.24) is 14.9 Å². The minimum absolute atomic E-state index is 0.135. The molecule has 0 saturated heterocycles. The van der Waals surface area contributed by atoms with Crippen LogP contribution in [0, 0.1) is 10.1 Å². The molecule has 1 aromatic carbocycles. The SMILES string of the molecule is CC(Cn1ccnc1)NCc1cc(Br)ccc1[N+](=O)[O-]. The Morgan fingerprint density at radius 2 is 2.35 bits per heavy atom. The Kier molecular flexibility index (Phi) is 4.86. The van der Waals surface area contributed by atoms with Crippen LogP contribution in [0.2, 0.25) is 0 Å². The Hall–Kier alpha value is -1.73. The number of nitrogens with zero attached hydrogens (tertiary/aromatic N) is 3. The van der Waals surface area contributed by atoms with E-state index < -0.39 is 0 Å². The topological polar surface area (TPSA) is 73.0 Å². The van der Waals surface area contributed by atoms with E-state index in [1.54, 1.807) is 24.7 Å². The summed E-state index contributed by atoms with van der Waals surface area (Å²) in [6.07, 6.45) is 5.37. The van der Waals surface area contributed by atoms with Crippen molar-refractivity contribution in [3.63, 3.8) is 0 Å². The summed E-state index contributed by atoms with van der Waals surface area (Å²) in [7, 11) is 0. The zero-order valence-corrected chi connectivity index (χ0v) is 12.6. The maximum atomic E-state index is 11.0. The first-order valence-corrected chi connectivity index (χ1v) is 6.97. The Morgan fingerprint density at radius 3 is 3.00 bits per heavy atom.